The maximum Gasteiger partial charge on any atom is 0.160 e. The normalized spacial score (nSPS) is 19.8. The van der Waals surface area contributed by atoms with Crippen LogP contribution >= 0.6 is 0 Å². The molecule has 0 radical (unpaired) electrons. The fourth-order valence-electron chi connectivity index (χ4n) is 3.10. The Labute approximate surface area is 115 Å². The number of methoxy groups -OCH3 is 1. The zero-order valence-electron chi connectivity index (χ0n) is 11.9. The number of benzene rings is 1. The van der Waals surface area contributed by atoms with Gasteiger partial charge >= 0.3 is 0 Å². The molecule has 0 saturated carbocycles. The molecule has 0 fully saturated rings. The first kappa shape index (κ1) is 14.2. The standard InChI is InChI=1S/C16H24O3/c1-11(4-3-7-17)12-5-6-13-9-15(18)16(19-2)10-14(13)8-12/h9-12,17-18H,3-8H2,1-2H3. The van der Waals surface area contributed by atoms with Crippen LogP contribution in [-0.2, 0) is 12.8 Å². The topological polar surface area (TPSA) is 49.7 Å². The van der Waals surface area contributed by atoms with Crippen molar-refractivity contribution in [3.63, 3.8) is 0 Å². The van der Waals surface area contributed by atoms with Gasteiger partial charge in [-0.1, -0.05) is 6.92 Å². The van der Waals surface area contributed by atoms with E-state index in [1.807, 2.05) is 12.1 Å². The minimum atomic E-state index is 0.244. The molecular formula is C16H24O3. The first-order valence-electron chi connectivity index (χ1n) is 7.15. The summed E-state index contributed by atoms with van der Waals surface area (Å²) in [6.45, 7) is 2.57. The summed E-state index contributed by atoms with van der Waals surface area (Å²) >= 11 is 0. The molecule has 2 rings (SSSR count). The zero-order valence-corrected chi connectivity index (χ0v) is 11.9. The second-order valence-corrected chi connectivity index (χ2v) is 5.64. The van der Waals surface area contributed by atoms with Crippen molar-refractivity contribution in [3.05, 3.63) is 23.3 Å². The summed E-state index contributed by atoms with van der Waals surface area (Å²) in [5, 5.41) is 18.7. The summed E-state index contributed by atoms with van der Waals surface area (Å²) < 4.78 is 5.19. The molecule has 3 heteroatoms. The summed E-state index contributed by atoms with van der Waals surface area (Å²) in [4.78, 5) is 0. The molecular weight excluding hydrogens is 240 g/mol. The second kappa shape index (κ2) is 6.29. The monoisotopic (exact) mass is 264 g/mol. The summed E-state index contributed by atoms with van der Waals surface area (Å²) in [5.41, 5.74) is 2.56. The maximum absolute atomic E-state index is 9.80. The van der Waals surface area contributed by atoms with Crippen LogP contribution in [0.2, 0.25) is 0 Å². The van der Waals surface area contributed by atoms with Crippen LogP contribution in [0.4, 0.5) is 0 Å². The minimum absolute atomic E-state index is 0.244. The first-order valence-corrected chi connectivity index (χ1v) is 7.15. The molecule has 0 amide bonds. The Balaban J connectivity index is 2.10. The van der Waals surface area contributed by atoms with Gasteiger partial charge < -0.3 is 14.9 Å². The van der Waals surface area contributed by atoms with E-state index in [9.17, 15) is 5.11 Å². The molecule has 2 N–H and O–H groups in total. The molecule has 0 bridgehead atoms. The number of fused-ring (bicyclic) bond motifs is 1. The van der Waals surface area contributed by atoms with Gasteiger partial charge in [-0.15, -0.1) is 0 Å². The lowest BCUT2D eigenvalue weighted by atomic mass is 9.76. The Kier molecular flexibility index (Phi) is 4.70. The van der Waals surface area contributed by atoms with Crippen molar-refractivity contribution in [1.82, 2.24) is 0 Å². The average molecular weight is 264 g/mol. The Morgan fingerprint density at radius 1 is 1.37 bits per heavy atom. The molecule has 0 spiro atoms. The summed E-state index contributed by atoms with van der Waals surface area (Å²) in [5.74, 6) is 2.13. The van der Waals surface area contributed by atoms with E-state index in [1.165, 1.54) is 17.5 Å². The molecule has 2 unspecified atom stereocenters. The molecule has 0 aromatic heterocycles. The van der Waals surface area contributed by atoms with E-state index in [0.717, 1.165) is 25.7 Å². The van der Waals surface area contributed by atoms with Crippen molar-refractivity contribution in [2.24, 2.45) is 11.8 Å². The Bertz CT molecular complexity index is 428. The van der Waals surface area contributed by atoms with E-state index in [0.29, 0.717) is 17.6 Å². The van der Waals surface area contributed by atoms with Crippen molar-refractivity contribution >= 4 is 0 Å². The summed E-state index contributed by atoms with van der Waals surface area (Å²) in [7, 11) is 1.59. The number of ether oxygens (including phenoxy) is 1. The van der Waals surface area contributed by atoms with E-state index >= 15 is 0 Å². The third-order valence-electron chi connectivity index (χ3n) is 4.39. The number of aliphatic hydroxyl groups excluding tert-OH is 1. The van der Waals surface area contributed by atoms with Crippen molar-refractivity contribution in [2.45, 2.75) is 39.0 Å². The maximum atomic E-state index is 9.80. The van der Waals surface area contributed by atoms with Crippen LogP contribution in [0, 0.1) is 11.8 Å². The smallest absolute Gasteiger partial charge is 0.160 e. The predicted molar refractivity (Wildman–Crippen MR) is 75.7 cm³/mol. The number of phenolic OH excluding ortho intramolecular Hbond substituents is 1. The highest BCUT2D eigenvalue weighted by atomic mass is 16.5. The lowest BCUT2D eigenvalue weighted by Gasteiger charge is -2.30. The van der Waals surface area contributed by atoms with Crippen molar-refractivity contribution < 1.29 is 14.9 Å². The molecule has 106 valence electrons. The van der Waals surface area contributed by atoms with Crippen LogP contribution in [0.1, 0.15) is 37.3 Å². The van der Waals surface area contributed by atoms with Crippen LogP contribution in [0.3, 0.4) is 0 Å². The van der Waals surface area contributed by atoms with Gasteiger partial charge in [0.2, 0.25) is 0 Å². The molecule has 1 aliphatic carbocycles. The molecule has 1 aromatic carbocycles. The minimum Gasteiger partial charge on any atom is -0.504 e. The van der Waals surface area contributed by atoms with Gasteiger partial charge in [0.15, 0.2) is 11.5 Å². The molecule has 0 aliphatic heterocycles. The molecule has 0 heterocycles. The summed E-state index contributed by atoms with van der Waals surface area (Å²) in [6.07, 6.45) is 5.24. The Morgan fingerprint density at radius 3 is 2.84 bits per heavy atom. The largest absolute Gasteiger partial charge is 0.504 e. The van der Waals surface area contributed by atoms with Gasteiger partial charge in [0, 0.05) is 6.61 Å². The molecule has 1 aromatic rings. The lowest BCUT2D eigenvalue weighted by molar-refractivity contribution is 0.243. The van der Waals surface area contributed by atoms with E-state index in [1.54, 1.807) is 7.11 Å². The number of aromatic hydroxyl groups is 1. The quantitative estimate of drug-likeness (QED) is 0.859. The van der Waals surface area contributed by atoms with Crippen molar-refractivity contribution in [3.8, 4) is 11.5 Å². The fraction of sp³-hybridized carbons (Fsp3) is 0.625. The third kappa shape index (κ3) is 3.21. The average Bonchev–Trinajstić information content (AvgIpc) is 2.43. The van der Waals surface area contributed by atoms with Crippen LogP contribution < -0.4 is 4.74 Å². The van der Waals surface area contributed by atoms with Gasteiger partial charge in [0.05, 0.1) is 7.11 Å². The lowest BCUT2D eigenvalue weighted by Crippen LogP contribution is -2.21. The zero-order chi connectivity index (χ0) is 13.8. The fourth-order valence-corrected chi connectivity index (χ4v) is 3.10. The molecule has 19 heavy (non-hydrogen) atoms. The number of hydrogen-bond donors (Lipinski definition) is 2. The van der Waals surface area contributed by atoms with Gasteiger partial charge in [-0.25, -0.2) is 0 Å². The van der Waals surface area contributed by atoms with Crippen LogP contribution in [0.15, 0.2) is 12.1 Å². The Hall–Kier alpha value is -1.22. The van der Waals surface area contributed by atoms with E-state index < -0.39 is 0 Å². The Morgan fingerprint density at radius 2 is 2.16 bits per heavy atom. The van der Waals surface area contributed by atoms with Crippen LogP contribution in [-0.4, -0.2) is 23.9 Å². The van der Waals surface area contributed by atoms with Gasteiger partial charge in [-0.3, -0.25) is 0 Å². The number of rotatable bonds is 5. The van der Waals surface area contributed by atoms with Gasteiger partial charge in [-0.2, -0.15) is 0 Å². The number of aryl methyl sites for hydroxylation is 1. The predicted octanol–water partition coefficient (Wildman–Crippen LogP) is 2.91. The van der Waals surface area contributed by atoms with Gasteiger partial charge in [-0.05, 0) is 67.2 Å². The van der Waals surface area contributed by atoms with Gasteiger partial charge in [0.25, 0.3) is 0 Å². The van der Waals surface area contributed by atoms with E-state index in [-0.39, 0.29) is 12.4 Å². The van der Waals surface area contributed by atoms with Crippen LogP contribution in [0.25, 0.3) is 0 Å². The SMILES string of the molecule is COc1cc2c(cc1O)CCC(C(C)CCCO)C2. The highest BCUT2D eigenvalue weighted by molar-refractivity contribution is 5.47. The van der Waals surface area contributed by atoms with E-state index in [2.05, 4.69) is 6.92 Å². The summed E-state index contributed by atoms with van der Waals surface area (Å²) in [6, 6.07) is 3.83. The molecule has 0 saturated heterocycles. The number of aliphatic hydroxyl groups is 1. The van der Waals surface area contributed by atoms with Gasteiger partial charge in [0.1, 0.15) is 0 Å². The molecule has 3 nitrogen and oxygen atoms in total. The van der Waals surface area contributed by atoms with Crippen molar-refractivity contribution in [1.29, 1.82) is 0 Å². The van der Waals surface area contributed by atoms with Crippen LogP contribution in [0.5, 0.6) is 11.5 Å². The third-order valence-corrected chi connectivity index (χ3v) is 4.39. The van der Waals surface area contributed by atoms with Crippen molar-refractivity contribution in [2.75, 3.05) is 13.7 Å². The molecule has 2 atom stereocenters. The van der Waals surface area contributed by atoms with E-state index in [4.69, 9.17) is 9.84 Å². The first-order chi connectivity index (χ1) is 9.15. The number of hydrogen-bond acceptors (Lipinski definition) is 3. The number of phenols is 1. The molecule has 1 aliphatic rings. The highest BCUT2D eigenvalue weighted by Gasteiger charge is 2.24. The highest BCUT2D eigenvalue weighted by Crippen LogP contribution is 2.37. The second-order valence-electron chi connectivity index (χ2n) is 5.64.